The van der Waals surface area contributed by atoms with E-state index in [1.54, 1.807) is 0 Å². The highest BCUT2D eigenvalue weighted by atomic mass is 127. The van der Waals surface area contributed by atoms with Crippen molar-refractivity contribution in [1.82, 2.24) is 0 Å². The molecule has 0 bridgehead atoms. The van der Waals surface area contributed by atoms with Crippen LogP contribution in [0.2, 0.25) is 0 Å². The minimum absolute atomic E-state index is 0.148. The molecule has 0 unspecified atom stereocenters. The highest BCUT2D eigenvalue weighted by molar-refractivity contribution is 14.1. The quantitative estimate of drug-likeness (QED) is 0.555. The molecule has 3 nitrogen and oxygen atoms in total. The molecule has 0 spiro atoms. The summed E-state index contributed by atoms with van der Waals surface area (Å²) < 4.78 is 7.98. The minimum Gasteiger partial charge on any atom is -0.487 e. The van der Waals surface area contributed by atoms with Crippen LogP contribution >= 0.6 is 45.2 Å². The van der Waals surface area contributed by atoms with E-state index >= 15 is 0 Å². The van der Waals surface area contributed by atoms with E-state index in [1.165, 1.54) is 5.56 Å². The highest BCUT2D eigenvalue weighted by Crippen LogP contribution is 2.30. The van der Waals surface area contributed by atoms with Crippen molar-refractivity contribution in [1.29, 1.82) is 0 Å². The molecule has 1 N–H and O–H groups in total. The Morgan fingerprint density at radius 2 is 1.82 bits per heavy atom. The Labute approximate surface area is 157 Å². The molecule has 5 heteroatoms. The molecule has 22 heavy (non-hydrogen) atoms. The number of aryl methyl sites for hydroxylation is 2. The Morgan fingerprint density at radius 1 is 1.14 bits per heavy atom. The highest BCUT2D eigenvalue weighted by Gasteiger charge is 2.10. The second-order valence-corrected chi connectivity index (χ2v) is 7.38. The van der Waals surface area contributed by atoms with E-state index in [0.29, 0.717) is 13.0 Å². The van der Waals surface area contributed by atoms with Gasteiger partial charge in [0.15, 0.2) is 0 Å². The van der Waals surface area contributed by atoms with Gasteiger partial charge in [0, 0.05) is 6.42 Å². The zero-order chi connectivity index (χ0) is 16.1. The third kappa shape index (κ3) is 5.12. The molecule has 0 saturated carbocycles. The van der Waals surface area contributed by atoms with E-state index in [4.69, 9.17) is 9.84 Å². The lowest BCUT2D eigenvalue weighted by atomic mass is 10.1. The first-order valence-corrected chi connectivity index (χ1v) is 8.99. The monoisotopic (exact) mass is 522 g/mol. The summed E-state index contributed by atoms with van der Waals surface area (Å²) in [6.07, 6.45) is 0.690. The predicted octanol–water partition coefficient (Wildman–Crippen LogP) is 4.80. The number of halogens is 2. The van der Waals surface area contributed by atoms with Crippen molar-refractivity contribution in [3.05, 3.63) is 60.2 Å². The lowest BCUT2D eigenvalue weighted by Crippen LogP contribution is -2.02. The number of ether oxygens (including phenoxy) is 1. The van der Waals surface area contributed by atoms with Crippen LogP contribution < -0.4 is 4.74 Å². The third-order valence-corrected chi connectivity index (χ3v) is 4.75. The molecule has 0 aromatic heterocycles. The number of rotatable bonds is 6. The number of hydrogen-bond acceptors (Lipinski definition) is 2. The lowest BCUT2D eigenvalue weighted by molar-refractivity contribution is -0.136. The molecule has 2 rings (SSSR count). The molecule has 116 valence electrons. The van der Waals surface area contributed by atoms with Gasteiger partial charge in [0.2, 0.25) is 0 Å². The molecular formula is C17H16I2O3. The summed E-state index contributed by atoms with van der Waals surface area (Å²) in [5.41, 5.74) is 3.38. The van der Waals surface area contributed by atoms with E-state index in [9.17, 15) is 4.79 Å². The molecule has 2 aromatic rings. The maximum absolute atomic E-state index is 10.7. The minimum atomic E-state index is -0.773. The van der Waals surface area contributed by atoms with Crippen molar-refractivity contribution in [2.45, 2.75) is 26.4 Å². The Hall–Kier alpha value is -0.830. The fourth-order valence-electron chi connectivity index (χ4n) is 2.10. The van der Waals surface area contributed by atoms with Gasteiger partial charge in [-0.25, -0.2) is 0 Å². The van der Waals surface area contributed by atoms with Crippen molar-refractivity contribution in [2.24, 2.45) is 0 Å². The van der Waals surface area contributed by atoms with Gasteiger partial charge < -0.3 is 9.84 Å². The van der Waals surface area contributed by atoms with Crippen molar-refractivity contribution in [3.8, 4) is 5.75 Å². The summed E-state index contributed by atoms with van der Waals surface area (Å²) in [7, 11) is 0. The van der Waals surface area contributed by atoms with Crippen molar-refractivity contribution in [3.63, 3.8) is 0 Å². The first-order chi connectivity index (χ1) is 10.5. The van der Waals surface area contributed by atoms with Gasteiger partial charge in [0.05, 0.1) is 7.14 Å². The number of aliphatic carboxylic acids is 1. The van der Waals surface area contributed by atoms with E-state index in [2.05, 4.69) is 64.2 Å². The maximum atomic E-state index is 10.7. The Kier molecular flexibility index (Phi) is 6.49. The van der Waals surface area contributed by atoms with E-state index in [-0.39, 0.29) is 6.42 Å². The van der Waals surface area contributed by atoms with Gasteiger partial charge in [-0.2, -0.15) is 0 Å². The Morgan fingerprint density at radius 3 is 2.41 bits per heavy atom. The summed E-state index contributed by atoms with van der Waals surface area (Å²) in [5, 5.41) is 8.77. The summed E-state index contributed by atoms with van der Waals surface area (Å²) in [6, 6.07) is 12.2. The molecule has 0 aliphatic heterocycles. The van der Waals surface area contributed by atoms with Crippen LogP contribution in [0, 0.1) is 14.1 Å². The average molecular weight is 522 g/mol. The van der Waals surface area contributed by atoms with Gasteiger partial charge in [-0.1, -0.05) is 29.8 Å². The summed E-state index contributed by atoms with van der Waals surface area (Å²) in [4.78, 5) is 10.7. The molecular weight excluding hydrogens is 506 g/mol. The topological polar surface area (TPSA) is 46.5 Å². The predicted molar refractivity (Wildman–Crippen MR) is 103 cm³/mol. The van der Waals surface area contributed by atoms with Crippen molar-refractivity contribution >= 4 is 51.2 Å². The largest absolute Gasteiger partial charge is 0.487 e. The fourth-order valence-corrected chi connectivity index (χ4v) is 4.31. The number of benzene rings is 2. The first kappa shape index (κ1) is 17.5. The summed E-state index contributed by atoms with van der Waals surface area (Å²) >= 11 is 4.48. The Balaban J connectivity index is 2.09. The van der Waals surface area contributed by atoms with Crippen molar-refractivity contribution < 1.29 is 14.6 Å². The fraction of sp³-hybridized carbons (Fsp3) is 0.235. The number of carboxylic acids is 1. The normalized spacial score (nSPS) is 10.5. The van der Waals surface area contributed by atoms with Gasteiger partial charge in [-0.05, 0) is 81.8 Å². The molecule has 2 aromatic carbocycles. The van der Waals surface area contributed by atoms with Gasteiger partial charge in [0.25, 0.3) is 0 Å². The van der Waals surface area contributed by atoms with Crippen LogP contribution in [-0.2, 0) is 17.8 Å². The van der Waals surface area contributed by atoms with Gasteiger partial charge in [-0.3, -0.25) is 4.79 Å². The van der Waals surface area contributed by atoms with E-state index in [1.807, 2.05) is 24.3 Å². The average Bonchev–Trinajstić information content (AvgIpc) is 2.44. The maximum Gasteiger partial charge on any atom is 0.303 e. The summed E-state index contributed by atoms with van der Waals surface area (Å²) in [5.74, 6) is 0.0894. The van der Waals surface area contributed by atoms with E-state index < -0.39 is 5.97 Å². The first-order valence-electron chi connectivity index (χ1n) is 6.84. The lowest BCUT2D eigenvalue weighted by Gasteiger charge is -2.12. The number of carboxylic acid groups (broad SMARTS) is 1. The Bertz CT molecular complexity index is 660. The number of carbonyl (C=O) groups is 1. The molecule has 0 radical (unpaired) electrons. The van der Waals surface area contributed by atoms with Crippen LogP contribution in [0.3, 0.4) is 0 Å². The zero-order valence-electron chi connectivity index (χ0n) is 12.1. The smallest absolute Gasteiger partial charge is 0.303 e. The van der Waals surface area contributed by atoms with Crippen molar-refractivity contribution in [2.75, 3.05) is 0 Å². The zero-order valence-corrected chi connectivity index (χ0v) is 16.4. The third-order valence-electron chi connectivity index (χ3n) is 3.15. The molecule has 0 amide bonds. The molecule has 0 atom stereocenters. The number of hydrogen-bond donors (Lipinski definition) is 1. The molecule has 0 heterocycles. The molecule has 0 aliphatic rings. The van der Waals surface area contributed by atoms with E-state index in [0.717, 1.165) is 24.0 Å². The van der Waals surface area contributed by atoms with Gasteiger partial charge in [-0.15, -0.1) is 0 Å². The van der Waals surface area contributed by atoms with Crippen LogP contribution in [0.5, 0.6) is 5.75 Å². The van der Waals surface area contributed by atoms with Crippen LogP contribution in [0.1, 0.15) is 23.1 Å². The molecule has 0 saturated heterocycles. The summed E-state index contributed by atoms with van der Waals surface area (Å²) in [6.45, 7) is 2.59. The van der Waals surface area contributed by atoms with Crippen LogP contribution in [0.25, 0.3) is 0 Å². The van der Waals surface area contributed by atoms with Crippen LogP contribution in [-0.4, -0.2) is 11.1 Å². The standard InChI is InChI=1S/C17H16I2O3/c1-11-3-2-4-13(7-11)10-22-17-14(18)8-12(9-15(17)19)5-6-16(20)21/h2-4,7-9H,5-6,10H2,1H3,(H,20,21). The molecule has 0 aliphatic carbocycles. The molecule has 0 fully saturated rings. The van der Waals surface area contributed by atoms with Gasteiger partial charge in [0.1, 0.15) is 12.4 Å². The van der Waals surface area contributed by atoms with Crippen LogP contribution in [0.15, 0.2) is 36.4 Å². The van der Waals surface area contributed by atoms with Crippen LogP contribution in [0.4, 0.5) is 0 Å². The van der Waals surface area contributed by atoms with Gasteiger partial charge >= 0.3 is 5.97 Å². The SMILES string of the molecule is Cc1cccc(COc2c(I)cc(CCC(=O)O)cc2I)c1. The second kappa shape index (κ2) is 8.14. The second-order valence-electron chi connectivity index (χ2n) is 5.06.